The highest BCUT2D eigenvalue weighted by atomic mass is 16.5. The van der Waals surface area contributed by atoms with Crippen LogP contribution in [0, 0.1) is 11.8 Å². The first kappa shape index (κ1) is 14.9. The van der Waals surface area contributed by atoms with Crippen molar-refractivity contribution in [1.29, 1.82) is 0 Å². The summed E-state index contributed by atoms with van der Waals surface area (Å²) >= 11 is 0. The minimum atomic E-state index is 0.440. The molecule has 4 nitrogen and oxygen atoms in total. The van der Waals surface area contributed by atoms with Crippen LogP contribution in [-0.2, 0) is 9.47 Å². The van der Waals surface area contributed by atoms with Gasteiger partial charge in [-0.25, -0.2) is 0 Å². The summed E-state index contributed by atoms with van der Waals surface area (Å²) in [4.78, 5) is 2.48. The van der Waals surface area contributed by atoms with Gasteiger partial charge < -0.3 is 15.2 Å². The Morgan fingerprint density at radius 2 is 2.24 bits per heavy atom. The molecule has 0 aromatic carbocycles. The molecule has 2 unspecified atom stereocenters. The van der Waals surface area contributed by atoms with Crippen LogP contribution >= 0.6 is 0 Å². The summed E-state index contributed by atoms with van der Waals surface area (Å²) < 4.78 is 10.7. The standard InChI is InChI=1S/C13H28N2O2/c1-11(2)9-15(5-7-16-3)13(8-14)12-4-6-17-10-12/h11-13H,4-10,14H2,1-3H3. The molecular weight excluding hydrogens is 216 g/mol. The van der Waals surface area contributed by atoms with Crippen LogP contribution in [0.25, 0.3) is 0 Å². The van der Waals surface area contributed by atoms with E-state index < -0.39 is 0 Å². The van der Waals surface area contributed by atoms with Crippen LogP contribution in [0.15, 0.2) is 0 Å². The van der Waals surface area contributed by atoms with Gasteiger partial charge >= 0.3 is 0 Å². The molecule has 1 heterocycles. The van der Waals surface area contributed by atoms with Gasteiger partial charge in [0.1, 0.15) is 0 Å². The lowest BCUT2D eigenvalue weighted by molar-refractivity contribution is 0.0794. The molecule has 1 aliphatic rings. The molecule has 0 radical (unpaired) electrons. The maximum atomic E-state index is 5.96. The van der Waals surface area contributed by atoms with Gasteiger partial charge in [-0.05, 0) is 12.3 Å². The van der Waals surface area contributed by atoms with Crippen LogP contribution in [0.3, 0.4) is 0 Å². The Kier molecular flexibility index (Phi) is 7.04. The smallest absolute Gasteiger partial charge is 0.0589 e. The third-order valence-corrected chi connectivity index (χ3v) is 3.40. The van der Waals surface area contributed by atoms with Crippen molar-refractivity contribution in [1.82, 2.24) is 4.90 Å². The van der Waals surface area contributed by atoms with Crippen LogP contribution in [-0.4, -0.2) is 57.5 Å². The first-order valence-corrected chi connectivity index (χ1v) is 6.69. The molecule has 2 N–H and O–H groups in total. The number of nitrogens with zero attached hydrogens (tertiary/aromatic N) is 1. The second-order valence-electron chi connectivity index (χ2n) is 5.31. The number of methoxy groups -OCH3 is 1. The number of rotatable bonds is 8. The monoisotopic (exact) mass is 244 g/mol. The van der Waals surface area contributed by atoms with Gasteiger partial charge in [-0.2, -0.15) is 0 Å². The van der Waals surface area contributed by atoms with Gasteiger partial charge in [0, 0.05) is 45.3 Å². The molecule has 17 heavy (non-hydrogen) atoms. The van der Waals surface area contributed by atoms with E-state index in [1.165, 1.54) is 0 Å². The van der Waals surface area contributed by atoms with Gasteiger partial charge in [0.25, 0.3) is 0 Å². The molecule has 0 saturated carbocycles. The van der Waals surface area contributed by atoms with Crippen molar-refractivity contribution in [3.63, 3.8) is 0 Å². The highest BCUT2D eigenvalue weighted by Gasteiger charge is 2.29. The van der Waals surface area contributed by atoms with Crippen LogP contribution in [0.5, 0.6) is 0 Å². The predicted molar refractivity (Wildman–Crippen MR) is 70.1 cm³/mol. The lowest BCUT2D eigenvalue weighted by Crippen LogP contribution is -2.48. The third-order valence-electron chi connectivity index (χ3n) is 3.40. The minimum Gasteiger partial charge on any atom is -0.383 e. The molecule has 1 saturated heterocycles. The van der Waals surface area contributed by atoms with Gasteiger partial charge in [-0.3, -0.25) is 4.90 Å². The van der Waals surface area contributed by atoms with E-state index >= 15 is 0 Å². The van der Waals surface area contributed by atoms with Crippen molar-refractivity contribution in [3.8, 4) is 0 Å². The molecule has 0 aromatic heterocycles. The molecule has 2 atom stereocenters. The Bertz CT molecular complexity index is 194. The minimum absolute atomic E-state index is 0.440. The summed E-state index contributed by atoms with van der Waals surface area (Å²) in [7, 11) is 1.75. The molecule has 1 aliphatic heterocycles. The summed E-state index contributed by atoms with van der Waals surface area (Å²) in [5.41, 5.74) is 5.96. The molecule has 0 amide bonds. The zero-order valence-electron chi connectivity index (χ0n) is 11.5. The topological polar surface area (TPSA) is 47.7 Å². The zero-order chi connectivity index (χ0) is 12.7. The number of ether oxygens (including phenoxy) is 2. The van der Waals surface area contributed by atoms with E-state index in [-0.39, 0.29) is 0 Å². The second kappa shape index (κ2) is 8.03. The van der Waals surface area contributed by atoms with Crippen LogP contribution in [0.1, 0.15) is 20.3 Å². The Morgan fingerprint density at radius 1 is 1.47 bits per heavy atom. The van der Waals surface area contributed by atoms with E-state index in [2.05, 4.69) is 18.7 Å². The largest absolute Gasteiger partial charge is 0.383 e. The fourth-order valence-electron chi connectivity index (χ4n) is 2.57. The van der Waals surface area contributed by atoms with Crippen LogP contribution < -0.4 is 5.73 Å². The van der Waals surface area contributed by atoms with E-state index in [1.807, 2.05) is 0 Å². The van der Waals surface area contributed by atoms with Gasteiger partial charge in [0.2, 0.25) is 0 Å². The van der Waals surface area contributed by atoms with Crippen LogP contribution in [0.4, 0.5) is 0 Å². The van der Waals surface area contributed by atoms with Crippen LogP contribution in [0.2, 0.25) is 0 Å². The Labute approximate surface area is 105 Å². The summed E-state index contributed by atoms with van der Waals surface area (Å²) in [6, 6.07) is 0.440. The predicted octanol–water partition coefficient (Wildman–Crippen LogP) is 0.955. The first-order valence-electron chi connectivity index (χ1n) is 6.69. The molecule has 102 valence electrons. The third kappa shape index (κ3) is 4.92. The van der Waals surface area contributed by atoms with E-state index in [0.717, 1.165) is 39.3 Å². The number of nitrogens with two attached hydrogens (primary N) is 1. The molecule has 1 rings (SSSR count). The van der Waals surface area contributed by atoms with E-state index in [0.29, 0.717) is 24.4 Å². The van der Waals surface area contributed by atoms with Crippen molar-refractivity contribution in [2.75, 3.05) is 46.6 Å². The Hall–Kier alpha value is -0.160. The summed E-state index contributed by atoms with van der Waals surface area (Å²) in [6.07, 6.45) is 1.14. The van der Waals surface area contributed by atoms with Crippen molar-refractivity contribution in [3.05, 3.63) is 0 Å². The van der Waals surface area contributed by atoms with Crippen molar-refractivity contribution in [2.45, 2.75) is 26.3 Å². The maximum absolute atomic E-state index is 5.96. The van der Waals surface area contributed by atoms with Crippen molar-refractivity contribution < 1.29 is 9.47 Å². The van der Waals surface area contributed by atoms with Crippen molar-refractivity contribution >= 4 is 0 Å². The lowest BCUT2D eigenvalue weighted by atomic mass is 9.96. The normalized spacial score (nSPS) is 22.6. The van der Waals surface area contributed by atoms with Gasteiger partial charge in [0.15, 0.2) is 0 Å². The number of hydrogen-bond donors (Lipinski definition) is 1. The van der Waals surface area contributed by atoms with Crippen molar-refractivity contribution in [2.24, 2.45) is 17.6 Å². The summed E-state index contributed by atoms with van der Waals surface area (Å²) in [5, 5.41) is 0. The van der Waals surface area contributed by atoms with E-state index in [4.69, 9.17) is 15.2 Å². The second-order valence-corrected chi connectivity index (χ2v) is 5.31. The molecule has 0 spiro atoms. The maximum Gasteiger partial charge on any atom is 0.0589 e. The van der Waals surface area contributed by atoms with Gasteiger partial charge in [-0.15, -0.1) is 0 Å². The highest BCUT2D eigenvalue weighted by molar-refractivity contribution is 4.83. The first-order chi connectivity index (χ1) is 8.19. The lowest BCUT2D eigenvalue weighted by Gasteiger charge is -2.35. The van der Waals surface area contributed by atoms with Gasteiger partial charge in [0.05, 0.1) is 13.2 Å². The fourth-order valence-corrected chi connectivity index (χ4v) is 2.57. The molecule has 0 bridgehead atoms. The Balaban J connectivity index is 2.55. The average molecular weight is 244 g/mol. The molecule has 0 aromatic rings. The van der Waals surface area contributed by atoms with E-state index in [9.17, 15) is 0 Å². The average Bonchev–Trinajstić information content (AvgIpc) is 2.79. The fraction of sp³-hybridized carbons (Fsp3) is 1.00. The summed E-state index contributed by atoms with van der Waals surface area (Å²) in [6.45, 7) is 9.79. The quantitative estimate of drug-likeness (QED) is 0.691. The SMILES string of the molecule is COCCN(CC(C)C)C(CN)C1CCOC1. The Morgan fingerprint density at radius 3 is 2.71 bits per heavy atom. The van der Waals surface area contributed by atoms with Gasteiger partial charge in [-0.1, -0.05) is 13.8 Å². The molecule has 4 heteroatoms. The van der Waals surface area contributed by atoms with E-state index in [1.54, 1.807) is 7.11 Å². The highest BCUT2D eigenvalue weighted by Crippen LogP contribution is 2.21. The number of hydrogen-bond acceptors (Lipinski definition) is 4. The molecule has 1 fully saturated rings. The molecule has 0 aliphatic carbocycles. The summed E-state index contributed by atoms with van der Waals surface area (Å²) in [5.74, 6) is 1.25. The zero-order valence-corrected chi connectivity index (χ0v) is 11.5. The molecular formula is C13H28N2O2.